The summed E-state index contributed by atoms with van der Waals surface area (Å²) in [5.41, 5.74) is 2.82. The van der Waals surface area contributed by atoms with Gasteiger partial charge in [-0.3, -0.25) is 4.79 Å². The van der Waals surface area contributed by atoms with Gasteiger partial charge < -0.3 is 19.5 Å². The maximum absolute atomic E-state index is 11.8. The highest BCUT2D eigenvalue weighted by Crippen LogP contribution is 2.39. The first-order chi connectivity index (χ1) is 11.8. The predicted octanol–water partition coefficient (Wildman–Crippen LogP) is 2.93. The molecule has 2 aromatic carbocycles. The van der Waals surface area contributed by atoms with E-state index >= 15 is 0 Å². The van der Waals surface area contributed by atoms with Crippen LogP contribution in [0.2, 0.25) is 0 Å². The van der Waals surface area contributed by atoms with Crippen LogP contribution in [-0.2, 0) is 22.6 Å². The normalized spacial score (nSPS) is 18.5. The number of benzene rings is 2. The minimum absolute atomic E-state index is 0.00902. The Labute approximate surface area is 140 Å². The maximum atomic E-state index is 11.8. The van der Waals surface area contributed by atoms with Gasteiger partial charge in [0.05, 0.1) is 12.3 Å². The average Bonchev–Trinajstić information content (AvgIpc) is 3.43. The predicted molar refractivity (Wildman–Crippen MR) is 89.4 cm³/mol. The molecule has 1 fully saturated rings. The second-order valence-electron chi connectivity index (χ2n) is 6.00. The van der Waals surface area contributed by atoms with E-state index in [0.717, 1.165) is 29.2 Å². The molecule has 1 atom stereocenters. The fourth-order valence-corrected chi connectivity index (χ4v) is 2.77. The number of nitrogens with one attached hydrogen (secondary N) is 1. The van der Waals surface area contributed by atoms with Gasteiger partial charge in [-0.2, -0.15) is 0 Å². The Bertz CT molecular complexity index is 741. The molecule has 5 heteroatoms. The zero-order valence-electron chi connectivity index (χ0n) is 13.3. The van der Waals surface area contributed by atoms with Gasteiger partial charge in [0.25, 0.3) is 0 Å². The van der Waals surface area contributed by atoms with Gasteiger partial charge in [-0.15, -0.1) is 0 Å². The third-order valence-electron chi connectivity index (χ3n) is 4.16. The molecule has 2 aliphatic heterocycles. The van der Waals surface area contributed by atoms with Crippen LogP contribution in [0.25, 0.3) is 0 Å². The van der Waals surface area contributed by atoms with E-state index in [0.29, 0.717) is 31.8 Å². The molecule has 0 saturated carbocycles. The van der Waals surface area contributed by atoms with Gasteiger partial charge in [0.2, 0.25) is 5.91 Å². The summed E-state index contributed by atoms with van der Waals surface area (Å²) in [5.74, 6) is 1.49. The van der Waals surface area contributed by atoms with E-state index in [1.807, 2.05) is 42.5 Å². The van der Waals surface area contributed by atoms with Crippen molar-refractivity contribution >= 4 is 11.6 Å². The smallest absolute Gasteiger partial charge is 0.224 e. The Kier molecular flexibility index (Phi) is 4.09. The van der Waals surface area contributed by atoms with Crippen LogP contribution in [0.5, 0.6) is 11.5 Å². The Hall–Kier alpha value is -2.53. The lowest BCUT2D eigenvalue weighted by Gasteiger charge is -2.23. The molecule has 0 spiro atoms. The van der Waals surface area contributed by atoms with Crippen molar-refractivity contribution in [1.29, 1.82) is 0 Å². The monoisotopic (exact) mass is 325 g/mol. The number of anilines is 1. The van der Waals surface area contributed by atoms with Crippen molar-refractivity contribution in [3.05, 3.63) is 53.6 Å². The van der Waals surface area contributed by atoms with Crippen LogP contribution in [0.4, 0.5) is 5.69 Å². The molecule has 0 aliphatic carbocycles. The third kappa shape index (κ3) is 3.36. The van der Waals surface area contributed by atoms with Gasteiger partial charge in [0.15, 0.2) is 0 Å². The lowest BCUT2D eigenvalue weighted by molar-refractivity contribution is -0.116. The van der Waals surface area contributed by atoms with Gasteiger partial charge in [0.1, 0.15) is 30.8 Å². The van der Waals surface area contributed by atoms with E-state index in [-0.39, 0.29) is 12.0 Å². The number of rotatable bonds is 6. The van der Waals surface area contributed by atoms with Crippen LogP contribution in [-0.4, -0.2) is 25.2 Å². The van der Waals surface area contributed by atoms with Crippen molar-refractivity contribution in [3.63, 3.8) is 0 Å². The molecule has 1 N–H and O–H groups in total. The lowest BCUT2D eigenvalue weighted by atomic mass is 10.0. The summed E-state index contributed by atoms with van der Waals surface area (Å²) in [6, 6.07) is 13.7. The van der Waals surface area contributed by atoms with Crippen molar-refractivity contribution in [2.75, 3.05) is 18.5 Å². The van der Waals surface area contributed by atoms with Crippen molar-refractivity contribution < 1.29 is 19.0 Å². The van der Waals surface area contributed by atoms with Crippen molar-refractivity contribution in [2.45, 2.75) is 25.6 Å². The van der Waals surface area contributed by atoms with Crippen LogP contribution >= 0.6 is 0 Å². The van der Waals surface area contributed by atoms with Crippen molar-refractivity contribution in [2.24, 2.45) is 0 Å². The van der Waals surface area contributed by atoms with Crippen molar-refractivity contribution in [3.8, 4) is 11.5 Å². The van der Waals surface area contributed by atoms with E-state index in [1.54, 1.807) is 0 Å². The minimum atomic E-state index is 0.00902. The van der Waals surface area contributed by atoms with Crippen LogP contribution in [0, 0.1) is 0 Å². The molecule has 24 heavy (non-hydrogen) atoms. The summed E-state index contributed by atoms with van der Waals surface area (Å²) in [6.45, 7) is 1.76. The van der Waals surface area contributed by atoms with Crippen LogP contribution in [0.15, 0.2) is 42.5 Å². The van der Waals surface area contributed by atoms with E-state index in [9.17, 15) is 4.79 Å². The highest BCUT2D eigenvalue weighted by Gasteiger charge is 2.26. The quantitative estimate of drug-likeness (QED) is 0.830. The van der Waals surface area contributed by atoms with Gasteiger partial charge >= 0.3 is 0 Å². The highest BCUT2D eigenvalue weighted by molar-refractivity contribution is 5.96. The number of hydrogen-bond donors (Lipinski definition) is 1. The Morgan fingerprint density at radius 2 is 1.83 bits per heavy atom. The number of fused-ring (bicyclic) bond motifs is 1. The number of ether oxygens (including phenoxy) is 3. The third-order valence-corrected chi connectivity index (χ3v) is 4.16. The molecule has 1 amide bonds. The second kappa shape index (κ2) is 6.53. The molecule has 2 aliphatic rings. The summed E-state index contributed by atoms with van der Waals surface area (Å²) < 4.78 is 17.0. The minimum Gasteiger partial charge on any atom is -0.490 e. The van der Waals surface area contributed by atoms with E-state index in [4.69, 9.17) is 14.2 Å². The van der Waals surface area contributed by atoms with Crippen molar-refractivity contribution in [1.82, 2.24) is 0 Å². The first-order valence-corrected chi connectivity index (χ1v) is 8.16. The summed E-state index contributed by atoms with van der Waals surface area (Å²) in [6.07, 6.45) is 1.32. The van der Waals surface area contributed by atoms with E-state index in [2.05, 4.69) is 5.32 Å². The summed E-state index contributed by atoms with van der Waals surface area (Å²) in [4.78, 5) is 11.8. The largest absolute Gasteiger partial charge is 0.490 e. The number of carbonyl (C=O) groups excluding carboxylic acids is 1. The molecule has 1 saturated heterocycles. The number of hydrogen-bond acceptors (Lipinski definition) is 4. The highest BCUT2D eigenvalue weighted by atomic mass is 16.6. The maximum Gasteiger partial charge on any atom is 0.224 e. The zero-order chi connectivity index (χ0) is 16.4. The summed E-state index contributed by atoms with van der Waals surface area (Å²) >= 11 is 0. The molecular formula is C19H19NO4. The van der Waals surface area contributed by atoms with Crippen LogP contribution in [0.1, 0.15) is 17.5 Å². The molecule has 5 nitrogen and oxygen atoms in total. The second-order valence-corrected chi connectivity index (χ2v) is 6.00. The molecule has 124 valence electrons. The number of epoxide rings is 1. The van der Waals surface area contributed by atoms with Gasteiger partial charge in [-0.05, 0) is 24.1 Å². The van der Waals surface area contributed by atoms with Gasteiger partial charge in [-0.25, -0.2) is 0 Å². The first-order valence-electron chi connectivity index (χ1n) is 8.16. The zero-order valence-corrected chi connectivity index (χ0v) is 13.3. The summed E-state index contributed by atoms with van der Waals surface area (Å²) in [5, 5.41) is 2.93. The van der Waals surface area contributed by atoms with E-state index in [1.165, 1.54) is 0 Å². The lowest BCUT2D eigenvalue weighted by Crippen LogP contribution is -2.21. The molecule has 0 radical (unpaired) electrons. The molecule has 0 unspecified atom stereocenters. The Morgan fingerprint density at radius 3 is 2.62 bits per heavy atom. The van der Waals surface area contributed by atoms with Gasteiger partial charge in [-0.1, -0.05) is 30.3 Å². The van der Waals surface area contributed by atoms with Gasteiger partial charge in [0, 0.05) is 12.0 Å². The topological polar surface area (TPSA) is 60.1 Å². The number of amides is 1. The molecule has 2 heterocycles. The number of carbonyl (C=O) groups is 1. The molecule has 0 aromatic heterocycles. The fourth-order valence-electron chi connectivity index (χ4n) is 2.77. The fraction of sp³-hybridized carbons (Fsp3) is 0.316. The molecular weight excluding hydrogens is 306 g/mol. The summed E-state index contributed by atoms with van der Waals surface area (Å²) in [7, 11) is 0. The Balaban J connectivity index is 1.55. The Morgan fingerprint density at radius 1 is 1.04 bits per heavy atom. The van der Waals surface area contributed by atoms with Crippen LogP contribution < -0.4 is 14.8 Å². The average molecular weight is 325 g/mol. The SMILES string of the molecule is O=C1CCc2c(OC[C@@H]3CO3)ccc(OCc3ccccc3)c2N1. The molecule has 4 rings (SSSR count). The first kappa shape index (κ1) is 15.0. The molecule has 0 bridgehead atoms. The van der Waals surface area contributed by atoms with E-state index < -0.39 is 0 Å². The standard InChI is InChI=1S/C19H19NO4/c21-18-9-6-15-16(24-12-14-11-22-14)7-8-17(19(15)20-18)23-10-13-4-2-1-3-5-13/h1-5,7-8,14H,6,9-12H2,(H,20,21)/t14-/m0/s1. The van der Waals surface area contributed by atoms with Crippen LogP contribution in [0.3, 0.4) is 0 Å². The molecule has 2 aromatic rings.